The van der Waals surface area contributed by atoms with Gasteiger partial charge in [0, 0.05) is 23.0 Å². The number of hydrogen-bond donors (Lipinski definition) is 4. The minimum absolute atomic E-state index is 0.0207. The number of carboxylic acids is 1. The van der Waals surface area contributed by atoms with Gasteiger partial charge in [0.1, 0.15) is 0 Å². The molecule has 2 aromatic carbocycles. The number of aromatic amines is 1. The summed E-state index contributed by atoms with van der Waals surface area (Å²) in [5, 5.41) is 18.2. The summed E-state index contributed by atoms with van der Waals surface area (Å²) in [7, 11) is 4.04. The summed E-state index contributed by atoms with van der Waals surface area (Å²) in [6.07, 6.45) is -5.08. The topological polar surface area (TPSA) is 132 Å². The van der Waals surface area contributed by atoms with Crippen LogP contribution < -0.4 is 5.73 Å². The lowest BCUT2D eigenvalue weighted by Gasteiger charge is -2.10. The predicted molar refractivity (Wildman–Crippen MR) is 118 cm³/mol. The highest BCUT2D eigenvalue weighted by atomic mass is 19.4. The Bertz CT molecular complexity index is 1200. The first kappa shape index (κ1) is 25.4. The summed E-state index contributed by atoms with van der Waals surface area (Å²) in [5.41, 5.74) is 9.64. The molecular weight excluding hydrogens is 441 g/mol. The van der Waals surface area contributed by atoms with Crippen LogP contribution in [0.5, 0.6) is 5.88 Å². The molecule has 0 aliphatic carbocycles. The molecule has 1 heterocycles. The fraction of sp³-hybridized carbons (Fsp3) is 0.227. The molecule has 0 fully saturated rings. The van der Waals surface area contributed by atoms with E-state index in [0.29, 0.717) is 22.4 Å². The lowest BCUT2D eigenvalue weighted by molar-refractivity contribution is -0.192. The zero-order chi connectivity index (χ0) is 24.9. The number of alkyl halides is 3. The molecule has 11 heteroatoms. The number of hydrogen-bond acceptors (Lipinski definition) is 5. The van der Waals surface area contributed by atoms with E-state index in [1.807, 2.05) is 39.2 Å². The third kappa shape index (κ3) is 6.81. The van der Waals surface area contributed by atoms with E-state index in [9.17, 15) is 23.1 Å². The van der Waals surface area contributed by atoms with E-state index in [-0.39, 0.29) is 5.88 Å². The van der Waals surface area contributed by atoms with Gasteiger partial charge in [-0.05, 0) is 50.8 Å². The SMILES string of the molecule is CC(=Nc1cccc(CN(C)C)c1)c1c(O)[nH]c2cc(C(N)=O)ccc12.O=C(O)C(F)(F)F. The van der Waals surface area contributed by atoms with Gasteiger partial charge in [-0.3, -0.25) is 9.79 Å². The highest BCUT2D eigenvalue weighted by molar-refractivity contribution is 6.13. The van der Waals surface area contributed by atoms with E-state index in [1.165, 1.54) is 5.56 Å². The van der Waals surface area contributed by atoms with Crippen molar-refractivity contribution in [3.8, 4) is 5.88 Å². The molecule has 1 amide bonds. The lowest BCUT2D eigenvalue weighted by atomic mass is 10.1. The number of aromatic nitrogens is 1. The van der Waals surface area contributed by atoms with E-state index in [1.54, 1.807) is 18.2 Å². The fourth-order valence-corrected chi connectivity index (χ4v) is 3.04. The van der Waals surface area contributed by atoms with E-state index < -0.39 is 18.1 Å². The van der Waals surface area contributed by atoms with Crippen LogP contribution in [0.4, 0.5) is 18.9 Å². The van der Waals surface area contributed by atoms with E-state index in [0.717, 1.165) is 17.6 Å². The number of nitrogens with one attached hydrogen (secondary N) is 1. The van der Waals surface area contributed by atoms with Crippen LogP contribution in [-0.2, 0) is 11.3 Å². The average molecular weight is 464 g/mol. The Labute approximate surface area is 187 Å². The van der Waals surface area contributed by atoms with Crippen molar-refractivity contribution in [2.75, 3.05) is 14.1 Å². The maximum atomic E-state index is 11.3. The van der Waals surface area contributed by atoms with Gasteiger partial charge in [0.2, 0.25) is 5.91 Å². The van der Waals surface area contributed by atoms with Gasteiger partial charge in [-0.25, -0.2) is 4.79 Å². The molecule has 176 valence electrons. The zero-order valence-electron chi connectivity index (χ0n) is 18.1. The van der Waals surface area contributed by atoms with Gasteiger partial charge in [0.05, 0.1) is 17.0 Å². The van der Waals surface area contributed by atoms with Gasteiger partial charge in [0.15, 0.2) is 5.88 Å². The highest BCUT2D eigenvalue weighted by Gasteiger charge is 2.38. The molecule has 0 unspecified atom stereocenters. The largest absolute Gasteiger partial charge is 0.494 e. The number of aliphatic carboxylic acids is 1. The third-order valence-corrected chi connectivity index (χ3v) is 4.37. The number of halogens is 3. The van der Waals surface area contributed by atoms with Crippen molar-refractivity contribution in [1.82, 2.24) is 9.88 Å². The number of H-pyrrole nitrogens is 1. The van der Waals surface area contributed by atoms with Crippen LogP contribution in [0.1, 0.15) is 28.4 Å². The number of carbonyl (C=O) groups is 2. The Morgan fingerprint density at radius 3 is 2.33 bits per heavy atom. The van der Waals surface area contributed by atoms with Gasteiger partial charge >= 0.3 is 12.1 Å². The van der Waals surface area contributed by atoms with Gasteiger partial charge in [0.25, 0.3) is 0 Å². The summed E-state index contributed by atoms with van der Waals surface area (Å²) in [6.45, 7) is 2.68. The summed E-state index contributed by atoms with van der Waals surface area (Å²) in [5.74, 6) is -3.24. The molecular formula is C22H23F3N4O4. The Hall–Kier alpha value is -3.86. The molecule has 3 aromatic rings. The summed E-state index contributed by atoms with van der Waals surface area (Å²) >= 11 is 0. The normalized spacial score (nSPS) is 11.9. The van der Waals surface area contributed by atoms with Crippen molar-refractivity contribution in [1.29, 1.82) is 0 Å². The molecule has 0 radical (unpaired) electrons. The Kier molecular flexibility index (Phi) is 7.83. The number of nitrogens with two attached hydrogens (primary N) is 1. The van der Waals surface area contributed by atoms with E-state index in [2.05, 4.69) is 20.9 Å². The minimum atomic E-state index is -5.08. The molecule has 0 saturated carbocycles. The predicted octanol–water partition coefficient (Wildman–Crippen LogP) is 3.81. The van der Waals surface area contributed by atoms with Crippen LogP contribution in [0.15, 0.2) is 47.5 Å². The second-order valence-electron chi connectivity index (χ2n) is 7.38. The van der Waals surface area contributed by atoms with Gasteiger partial charge in [-0.1, -0.05) is 18.2 Å². The van der Waals surface area contributed by atoms with Crippen molar-refractivity contribution < 1.29 is 33.0 Å². The molecule has 0 aliphatic heterocycles. The molecule has 0 spiro atoms. The molecule has 0 bridgehead atoms. The van der Waals surface area contributed by atoms with E-state index in [4.69, 9.17) is 15.6 Å². The highest BCUT2D eigenvalue weighted by Crippen LogP contribution is 2.30. The maximum absolute atomic E-state index is 11.3. The first-order valence-electron chi connectivity index (χ1n) is 9.53. The second kappa shape index (κ2) is 10.2. The number of rotatable bonds is 5. The van der Waals surface area contributed by atoms with Crippen LogP contribution in [0.3, 0.4) is 0 Å². The average Bonchev–Trinajstić information content (AvgIpc) is 3.02. The number of fused-ring (bicyclic) bond motifs is 1. The van der Waals surface area contributed by atoms with Gasteiger partial charge in [-0.15, -0.1) is 0 Å². The molecule has 1 aromatic heterocycles. The molecule has 3 rings (SSSR count). The van der Waals surface area contributed by atoms with Gasteiger partial charge < -0.3 is 25.8 Å². The minimum Gasteiger partial charge on any atom is -0.494 e. The molecule has 8 nitrogen and oxygen atoms in total. The van der Waals surface area contributed by atoms with Crippen LogP contribution in [0, 0.1) is 0 Å². The number of carbonyl (C=O) groups excluding carboxylic acids is 1. The quantitative estimate of drug-likeness (QED) is 0.427. The summed E-state index contributed by atoms with van der Waals surface area (Å²) < 4.78 is 31.7. The van der Waals surface area contributed by atoms with Crippen LogP contribution in [0.2, 0.25) is 0 Å². The number of primary amides is 1. The molecule has 0 atom stereocenters. The van der Waals surface area contributed by atoms with Crippen molar-refractivity contribution in [2.24, 2.45) is 10.7 Å². The zero-order valence-corrected chi connectivity index (χ0v) is 18.1. The first-order chi connectivity index (χ1) is 15.3. The van der Waals surface area contributed by atoms with Crippen molar-refractivity contribution >= 4 is 34.2 Å². The standard InChI is InChI=1S/C20H22N4O2.C2HF3O2/c1-12(22-15-6-4-5-13(9-15)11-24(2)3)18-16-8-7-14(19(21)25)10-17(16)23-20(18)26;3-2(4,5)1(6)7/h4-10,23,26H,11H2,1-3H3,(H2,21,25);(H,6,7). The van der Waals surface area contributed by atoms with Gasteiger partial charge in [-0.2, -0.15) is 13.2 Å². The number of nitrogens with zero attached hydrogens (tertiary/aromatic N) is 2. The number of aliphatic imine (C=N–C) groups is 1. The van der Waals surface area contributed by atoms with Crippen LogP contribution in [0.25, 0.3) is 10.9 Å². The second-order valence-corrected chi connectivity index (χ2v) is 7.38. The third-order valence-electron chi connectivity index (χ3n) is 4.37. The number of amides is 1. The monoisotopic (exact) mass is 464 g/mol. The summed E-state index contributed by atoms with van der Waals surface area (Å²) in [4.78, 5) is 29.9. The van der Waals surface area contributed by atoms with Crippen molar-refractivity contribution in [3.63, 3.8) is 0 Å². The van der Waals surface area contributed by atoms with E-state index >= 15 is 0 Å². The smallest absolute Gasteiger partial charge is 0.490 e. The number of benzene rings is 2. The lowest BCUT2D eigenvalue weighted by Crippen LogP contribution is -2.21. The van der Waals surface area contributed by atoms with Crippen LogP contribution in [-0.4, -0.2) is 58.0 Å². The van der Waals surface area contributed by atoms with Crippen molar-refractivity contribution in [2.45, 2.75) is 19.6 Å². The molecule has 0 saturated heterocycles. The molecule has 33 heavy (non-hydrogen) atoms. The van der Waals surface area contributed by atoms with Crippen LogP contribution >= 0.6 is 0 Å². The number of carboxylic acid groups (broad SMARTS) is 1. The Morgan fingerprint density at radius 2 is 1.79 bits per heavy atom. The Morgan fingerprint density at radius 1 is 1.15 bits per heavy atom. The Balaban J connectivity index is 0.000000479. The first-order valence-corrected chi connectivity index (χ1v) is 9.53. The molecule has 0 aliphatic rings. The van der Waals surface area contributed by atoms with Crippen molar-refractivity contribution in [3.05, 3.63) is 59.2 Å². The maximum Gasteiger partial charge on any atom is 0.490 e. The summed E-state index contributed by atoms with van der Waals surface area (Å²) in [6, 6.07) is 13.0. The molecule has 5 N–H and O–H groups in total. The number of aromatic hydroxyl groups is 1. The fourth-order valence-electron chi connectivity index (χ4n) is 3.04.